The van der Waals surface area contributed by atoms with Gasteiger partial charge >= 0.3 is 0 Å². The molecule has 0 spiro atoms. The summed E-state index contributed by atoms with van der Waals surface area (Å²) in [6.07, 6.45) is 11.5. The zero-order valence-corrected chi connectivity index (χ0v) is 12.6. The summed E-state index contributed by atoms with van der Waals surface area (Å²) < 4.78 is 2.03. The van der Waals surface area contributed by atoms with Crippen molar-refractivity contribution in [3.05, 3.63) is 36.7 Å². The van der Waals surface area contributed by atoms with Crippen LogP contribution in [-0.2, 0) is 11.3 Å². The lowest BCUT2D eigenvalue weighted by molar-refractivity contribution is -0.138. The molecule has 0 bridgehead atoms. The van der Waals surface area contributed by atoms with Crippen LogP contribution in [0, 0.1) is 5.41 Å². The van der Waals surface area contributed by atoms with E-state index in [1.54, 1.807) is 18.7 Å². The van der Waals surface area contributed by atoms with Crippen LogP contribution in [0.4, 0.5) is 0 Å². The number of amides is 1. The minimum absolute atomic E-state index is 0.184. The van der Waals surface area contributed by atoms with Crippen molar-refractivity contribution in [3.63, 3.8) is 0 Å². The van der Waals surface area contributed by atoms with Crippen molar-refractivity contribution in [1.82, 2.24) is 24.6 Å². The Labute approximate surface area is 129 Å². The SMILES string of the molecule is O=C(N1CCC[C@@H](c2ccn[nH]2)C1)C1(Cn2ccnc2)CC1. The predicted molar refractivity (Wildman–Crippen MR) is 81.0 cm³/mol. The Hall–Kier alpha value is -2.11. The van der Waals surface area contributed by atoms with Crippen LogP contribution in [0.1, 0.15) is 37.3 Å². The van der Waals surface area contributed by atoms with Gasteiger partial charge in [0.05, 0.1) is 11.7 Å². The third-order valence-corrected chi connectivity index (χ3v) is 5.02. The first kappa shape index (κ1) is 13.5. The fourth-order valence-corrected chi connectivity index (χ4v) is 3.57. The summed E-state index contributed by atoms with van der Waals surface area (Å²) in [7, 11) is 0. The van der Waals surface area contributed by atoms with Gasteiger partial charge in [0, 0.05) is 49.8 Å². The Morgan fingerprint density at radius 1 is 1.41 bits per heavy atom. The van der Waals surface area contributed by atoms with Gasteiger partial charge in [0.15, 0.2) is 0 Å². The molecule has 116 valence electrons. The van der Waals surface area contributed by atoms with Crippen LogP contribution < -0.4 is 0 Å². The van der Waals surface area contributed by atoms with Crippen LogP contribution in [0.5, 0.6) is 0 Å². The molecule has 0 unspecified atom stereocenters. The molecule has 1 aliphatic heterocycles. The summed E-state index contributed by atoms with van der Waals surface area (Å²) in [4.78, 5) is 19.1. The molecular formula is C16H21N5O. The van der Waals surface area contributed by atoms with Crippen molar-refractivity contribution < 1.29 is 4.79 Å². The minimum Gasteiger partial charge on any atom is -0.341 e. The molecule has 2 aliphatic rings. The normalized spacial score (nSPS) is 23.5. The number of nitrogens with one attached hydrogen (secondary N) is 1. The molecule has 22 heavy (non-hydrogen) atoms. The van der Waals surface area contributed by atoms with Gasteiger partial charge in [-0.3, -0.25) is 9.89 Å². The molecule has 0 radical (unpaired) electrons. The predicted octanol–water partition coefficient (Wildman–Crippen LogP) is 1.79. The van der Waals surface area contributed by atoms with Gasteiger partial charge < -0.3 is 9.47 Å². The number of likely N-dealkylation sites (tertiary alicyclic amines) is 1. The monoisotopic (exact) mass is 299 g/mol. The van der Waals surface area contributed by atoms with Gasteiger partial charge in [0.1, 0.15) is 0 Å². The van der Waals surface area contributed by atoms with Crippen LogP contribution in [0.25, 0.3) is 0 Å². The van der Waals surface area contributed by atoms with Crippen molar-refractivity contribution >= 4 is 5.91 Å². The van der Waals surface area contributed by atoms with E-state index >= 15 is 0 Å². The third kappa shape index (κ3) is 2.42. The highest BCUT2D eigenvalue weighted by atomic mass is 16.2. The molecule has 2 aromatic heterocycles. The maximum Gasteiger partial charge on any atom is 0.230 e. The number of aromatic amines is 1. The van der Waals surface area contributed by atoms with E-state index in [-0.39, 0.29) is 5.41 Å². The van der Waals surface area contributed by atoms with Crippen LogP contribution in [0.2, 0.25) is 0 Å². The molecule has 2 aromatic rings. The molecule has 1 aliphatic carbocycles. The van der Waals surface area contributed by atoms with Gasteiger partial charge in [0.25, 0.3) is 0 Å². The number of nitrogens with zero attached hydrogens (tertiary/aromatic N) is 4. The topological polar surface area (TPSA) is 66.8 Å². The fourth-order valence-electron chi connectivity index (χ4n) is 3.57. The first-order valence-electron chi connectivity index (χ1n) is 8.01. The summed E-state index contributed by atoms with van der Waals surface area (Å²) >= 11 is 0. The fraction of sp³-hybridized carbons (Fsp3) is 0.562. The molecule has 4 rings (SSSR count). The number of hydrogen-bond acceptors (Lipinski definition) is 3. The van der Waals surface area contributed by atoms with Crippen LogP contribution >= 0.6 is 0 Å². The third-order valence-electron chi connectivity index (χ3n) is 5.02. The molecule has 1 saturated carbocycles. The van der Waals surface area contributed by atoms with Crippen LogP contribution in [-0.4, -0.2) is 43.6 Å². The number of hydrogen-bond donors (Lipinski definition) is 1. The minimum atomic E-state index is -0.184. The number of piperidine rings is 1. The van der Waals surface area contributed by atoms with Gasteiger partial charge in [-0.25, -0.2) is 4.98 Å². The maximum atomic E-state index is 13.0. The Morgan fingerprint density at radius 2 is 2.32 bits per heavy atom. The van der Waals surface area contributed by atoms with Crippen molar-refractivity contribution in [2.24, 2.45) is 5.41 Å². The molecular weight excluding hydrogens is 278 g/mol. The average molecular weight is 299 g/mol. The van der Waals surface area contributed by atoms with Gasteiger partial charge in [-0.15, -0.1) is 0 Å². The van der Waals surface area contributed by atoms with E-state index in [1.807, 2.05) is 16.8 Å². The van der Waals surface area contributed by atoms with E-state index in [2.05, 4.69) is 20.1 Å². The van der Waals surface area contributed by atoms with Gasteiger partial charge in [-0.2, -0.15) is 5.10 Å². The molecule has 1 amide bonds. The molecule has 0 aromatic carbocycles. The zero-order chi connectivity index (χ0) is 15.0. The lowest BCUT2D eigenvalue weighted by Crippen LogP contribution is -2.44. The standard InChI is InChI=1S/C16H21N5O/c22-15(16(4-5-16)11-20-9-7-17-12-20)21-8-1-2-13(10-21)14-3-6-18-19-14/h3,6-7,9,12-13H,1-2,4-5,8,10-11H2,(H,18,19)/t13-/m1/s1. The van der Waals surface area contributed by atoms with Crippen molar-refractivity contribution in [2.75, 3.05) is 13.1 Å². The molecule has 6 heteroatoms. The summed E-state index contributed by atoms with van der Waals surface area (Å²) in [5, 5.41) is 7.10. The van der Waals surface area contributed by atoms with E-state index in [0.29, 0.717) is 11.8 Å². The van der Waals surface area contributed by atoms with E-state index in [9.17, 15) is 4.79 Å². The smallest absolute Gasteiger partial charge is 0.230 e. The summed E-state index contributed by atoms with van der Waals surface area (Å²) in [5.74, 6) is 0.717. The second-order valence-corrected chi connectivity index (χ2v) is 6.62. The highest BCUT2D eigenvalue weighted by Gasteiger charge is 2.52. The van der Waals surface area contributed by atoms with Crippen molar-refractivity contribution in [3.8, 4) is 0 Å². The van der Waals surface area contributed by atoms with Gasteiger partial charge in [-0.1, -0.05) is 0 Å². The summed E-state index contributed by atoms with van der Waals surface area (Å²) in [6, 6.07) is 2.02. The lowest BCUT2D eigenvalue weighted by atomic mass is 9.93. The number of carbonyl (C=O) groups excluding carboxylic acids is 1. The quantitative estimate of drug-likeness (QED) is 0.936. The van der Waals surface area contributed by atoms with E-state index in [4.69, 9.17) is 0 Å². The molecule has 1 atom stereocenters. The van der Waals surface area contributed by atoms with Gasteiger partial charge in [0.2, 0.25) is 5.91 Å². The van der Waals surface area contributed by atoms with Crippen molar-refractivity contribution in [1.29, 1.82) is 0 Å². The van der Waals surface area contributed by atoms with Crippen molar-refractivity contribution in [2.45, 2.75) is 38.1 Å². The zero-order valence-electron chi connectivity index (χ0n) is 12.6. The van der Waals surface area contributed by atoms with Crippen LogP contribution in [0.3, 0.4) is 0 Å². The molecule has 6 nitrogen and oxygen atoms in total. The number of imidazole rings is 1. The maximum absolute atomic E-state index is 13.0. The van der Waals surface area contributed by atoms with Crippen LogP contribution in [0.15, 0.2) is 31.0 Å². The molecule has 1 saturated heterocycles. The summed E-state index contributed by atoms with van der Waals surface area (Å²) in [6.45, 7) is 2.46. The molecule has 2 fully saturated rings. The Morgan fingerprint density at radius 3 is 3.00 bits per heavy atom. The Kier molecular flexibility index (Phi) is 3.24. The number of rotatable bonds is 4. The van der Waals surface area contributed by atoms with Gasteiger partial charge in [-0.05, 0) is 31.7 Å². The number of H-pyrrole nitrogens is 1. The highest BCUT2D eigenvalue weighted by molar-refractivity contribution is 5.85. The van der Waals surface area contributed by atoms with E-state index < -0.39 is 0 Å². The second-order valence-electron chi connectivity index (χ2n) is 6.62. The Balaban J connectivity index is 1.46. The highest BCUT2D eigenvalue weighted by Crippen LogP contribution is 2.49. The first-order valence-corrected chi connectivity index (χ1v) is 8.01. The van der Waals surface area contributed by atoms with E-state index in [1.165, 1.54) is 0 Å². The average Bonchev–Trinajstić information content (AvgIpc) is 2.98. The lowest BCUT2D eigenvalue weighted by Gasteiger charge is -2.35. The summed E-state index contributed by atoms with van der Waals surface area (Å²) in [5.41, 5.74) is 0.966. The van der Waals surface area contributed by atoms with E-state index in [0.717, 1.165) is 51.0 Å². The Bertz CT molecular complexity index is 630. The first-order chi connectivity index (χ1) is 10.8. The molecule has 1 N–H and O–H groups in total. The second kappa shape index (κ2) is 5.26. The number of aromatic nitrogens is 4. The largest absolute Gasteiger partial charge is 0.341 e. The number of carbonyl (C=O) groups is 1. The molecule has 3 heterocycles.